The number of aromatic nitrogens is 3. The van der Waals surface area contributed by atoms with Crippen LogP contribution in [0.2, 0.25) is 6.32 Å². The molecule has 1 aromatic carbocycles. The summed E-state index contributed by atoms with van der Waals surface area (Å²) in [6, 6.07) is 3.47. The first-order chi connectivity index (χ1) is 9.56. The van der Waals surface area contributed by atoms with Crippen molar-refractivity contribution in [3.8, 4) is 11.4 Å². The molecule has 0 saturated carbocycles. The molecule has 102 valence electrons. The Hall–Kier alpha value is -2.35. The van der Waals surface area contributed by atoms with Crippen molar-refractivity contribution in [2.45, 2.75) is 19.7 Å². The fraction of sp³-hybridized carbons (Fsp3) is 0.250. The number of aryl methyl sites for hydroxylation is 2. The Morgan fingerprint density at radius 3 is 2.95 bits per heavy atom. The van der Waals surface area contributed by atoms with Crippen LogP contribution in [0.3, 0.4) is 0 Å². The van der Waals surface area contributed by atoms with Crippen molar-refractivity contribution in [3.05, 3.63) is 35.2 Å². The normalized spacial score (nSPS) is 13.8. The molecule has 3 rings (SSSR count). The molecule has 0 bridgehead atoms. The second-order valence-electron chi connectivity index (χ2n) is 4.67. The summed E-state index contributed by atoms with van der Waals surface area (Å²) in [4.78, 5) is 11.6. The maximum Gasteiger partial charge on any atom is 0.522 e. The maximum atomic E-state index is 11.6. The number of fused-ring (bicyclic) bond motifs is 1. The van der Waals surface area contributed by atoms with Crippen molar-refractivity contribution in [3.63, 3.8) is 0 Å². The van der Waals surface area contributed by atoms with E-state index in [0.29, 0.717) is 24.1 Å². The van der Waals surface area contributed by atoms with Gasteiger partial charge in [-0.2, -0.15) is 0 Å². The number of carboxylic acid groups (broad SMARTS) is 1. The molecule has 0 unspecified atom stereocenters. The first-order valence-corrected chi connectivity index (χ1v) is 6.19. The van der Waals surface area contributed by atoms with Crippen LogP contribution in [0.5, 0.6) is 5.75 Å². The summed E-state index contributed by atoms with van der Waals surface area (Å²) in [6.45, 7) is 1.77. The van der Waals surface area contributed by atoms with Crippen LogP contribution in [-0.2, 0) is 6.42 Å². The third kappa shape index (κ3) is 2.03. The summed E-state index contributed by atoms with van der Waals surface area (Å²) in [5.41, 5.74) is 1.81. The van der Waals surface area contributed by atoms with Gasteiger partial charge in [0, 0.05) is 0 Å². The smallest absolute Gasteiger partial charge is 0.522 e. The molecule has 0 saturated heterocycles. The van der Waals surface area contributed by atoms with Gasteiger partial charge in [0.05, 0.1) is 17.6 Å². The van der Waals surface area contributed by atoms with Crippen molar-refractivity contribution < 1.29 is 19.6 Å². The van der Waals surface area contributed by atoms with Gasteiger partial charge in [-0.25, -0.2) is 9.48 Å². The van der Waals surface area contributed by atoms with Gasteiger partial charge in [-0.15, -0.1) is 5.10 Å². The number of benzene rings is 1. The number of hydrogen-bond acceptors (Lipinski definition) is 5. The minimum absolute atomic E-state index is 0.00819. The highest BCUT2D eigenvalue weighted by molar-refractivity contribution is 6.44. The van der Waals surface area contributed by atoms with Crippen LogP contribution in [0.4, 0.5) is 0 Å². The van der Waals surface area contributed by atoms with E-state index in [9.17, 15) is 14.9 Å². The van der Waals surface area contributed by atoms with Crippen molar-refractivity contribution >= 4 is 13.1 Å². The molecule has 0 spiro atoms. The number of carboxylic acids is 1. The standard InChI is InChI=1S/C12H12BN3O4/c1-7-6-16(15-14-7)9-3-2-8-4-5-13(19)20-11(8)10(9)12(17)18/h2-3,6,19H,4-5H2,1H3,(H,17,18). The summed E-state index contributed by atoms with van der Waals surface area (Å²) in [5, 5.41) is 26.8. The van der Waals surface area contributed by atoms with E-state index >= 15 is 0 Å². The van der Waals surface area contributed by atoms with Gasteiger partial charge in [0.15, 0.2) is 0 Å². The highest BCUT2D eigenvalue weighted by Crippen LogP contribution is 2.34. The number of carbonyl (C=O) groups is 1. The van der Waals surface area contributed by atoms with Gasteiger partial charge < -0.3 is 14.8 Å². The lowest BCUT2D eigenvalue weighted by molar-refractivity contribution is 0.0694. The van der Waals surface area contributed by atoms with E-state index in [2.05, 4.69) is 10.3 Å². The fourth-order valence-corrected chi connectivity index (χ4v) is 2.28. The van der Waals surface area contributed by atoms with E-state index in [4.69, 9.17) is 4.65 Å². The van der Waals surface area contributed by atoms with E-state index in [1.54, 1.807) is 25.3 Å². The largest absolute Gasteiger partial charge is 0.535 e. The first-order valence-electron chi connectivity index (χ1n) is 6.19. The fourth-order valence-electron chi connectivity index (χ4n) is 2.28. The Bertz CT molecular complexity index is 685. The predicted molar refractivity (Wildman–Crippen MR) is 70.2 cm³/mol. The molecule has 0 radical (unpaired) electrons. The number of rotatable bonds is 2. The van der Waals surface area contributed by atoms with Gasteiger partial charge in [0.1, 0.15) is 11.3 Å². The highest BCUT2D eigenvalue weighted by atomic mass is 16.5. The van der Waals surface area contributed by atoms with E-state index in [1.807, 2.05) is 0 Å². The predicted octanol–water partition coefficient (Wildman–Crippen LogP) is 0.689. The van der Waals surface area contributed by atoms with Crippen LogP contribution in [-0.4, -0.2) is 38.2 Å². The van der Waals surface area contributed by atoms with Gasteiger partial charge >= 0.3 is 13.1 Å². The van der Waals surface area contributed by atoms with Gasteiger partial charge in [-0.3, -0.25) is 0 Å². The number of hydrogen-bond donors (Lipinski definition) is 2. The highest BCUT2D eigenvalue weighted by Gasteiger charge is 2.30. The molecule has 1 aromatic heterocycles. The minimum atomic E-state index is -1.13. The Labute approximate surface area is 114 Å². The Kier molecular flexibility index (Phi) is 2.94. The van der Waals surface area contributed by atoms with Gasteiger partial charge in [0.2, 0.25) is 0 Å². The lowest BCUT2D eigenvalue weighted by Crippen LogP contribution is -2.28. The third-order valence-corrected chi connectivity index (χ3v) is 3.20. The SMILES string of the molecule is Cc1cn(-c2ccc3c(c2C(=O)O)OB(O)CC3)nn1. The van der Waals surface area contributed by atoms with E-state index in [1.165, 1.54) is 4.68 Å². The molecule has 2 heterocycles. The summed E-state index contributed by atoms with van der Waals surface area (Å²) in [5.74, 6) is -0.916. The quantitative estimate of drug-likeness (QED) is 0.781. The van der Waals surface area contributed by atoms with E-state index < -0.39 is 13.1 Å². The van der Waals surface area contributed by atoms with Crippen LogP contribution in [0.15, 0.2) is 18.3 Å². The molecular weight excluding hydrogens is 261 g/mol. The Morgan fingerprint density at radius 2 is 2.30 bits per heavy atom. The van der Waals surface area contributed by atoms with Gasteiger partial charge in [0.25, 0.3) is 0 Å². The molecule has 0 atom stereocenters. The van der Waals surface area contributed by atoms with Crippen LogP contribution in [0.25, 0.3) is 5.69 Å². The summed E-state index contributed by atoms with van der Waals surface area (Å²) >= 11 is 0. The Balaban J connectivity index is 2.21. The zero-order valence-corrected chi connectivity index (χ0v) is 10.8. The average Bonchev–Trinajstić information content (AvgIpc) is 2.83. The van der Waals surface area contributed by atoms with E-state index in [0.717, 1.165) is 5.56 Å². The molecular formula is C12H12BN3O4. The average molecular weight is 273 g/mol. The molecule has 2 N–H and O–H groups in total. The van der Waals surface area contributed by atoms with Crippen LogP contribution in [0.1, 0.15) is 21.6 Å². The van der Waals surface area contributed by atoms with Gasteiger partial charge in [-0.1, -0.05) is 11.3 Å². The van der Waals surface area contributed by atoms with Crippen LogP contribution >= 0.6 is 0 Å². The molecule has 1 aliphatic rings. The maximum absolute atomic E-state index is 11.6. The number of aromatic carboxylic acids is 1. The third-order valence-electron chi connectivity index (χ3n) is 3.20. The second kappa shape index (κ2) is 4.64. The van der Waals surface area contributed by atoms with Crippen molar-refractivity contribution in [2.75, 3.05) is 0 Å². The van der Waals surface area contributed by atoms with Gasteiger partial charge in [-0.05, 0) is 31.3 Å². The van der Waals surface area contributed by atoms with Crippen molar-refractivity contribution in [1.82, 2.24) is 15.0 Å². The molecule has 7 nitrogen and oxygen atoms in total. The molecule has 0 fully saturated rings. The zero-order valence-electron chi connectivity index (χ0n) is 10.8. The summed E-state index contributed by atoms with van der Waals surface area (Å²) in [7, 11) is -0.978. The molecule has 20 heavy (non-hydrogen) atoms. The molecule has 0 amide bonds. The molecule has 1 aliphatic heterocycles. The summed E-state index contributed by atoms with van der Waals surface area (Å²) in [6.07, 6.45) is 2.66. The monoisotopic (exact) mass is 273 g/mol. The second-order valence-corrected chi connectivity index (χ2v) is 4.67. The lowest BCUT2D eigenvalue weighted by atomic mass is 9.78. The molecule has 8 heteroatoms. The Morgan fingerprint density at radius 1 is 1.50 bits per heavy atom. The topological polar surface area (TPSA) is 97.5 Å². The minimum Gasteiger partial charge on any atom is -0.535 e. The first kappa shape index (κ1) is 12.7. The van der Waals surface area contributed by atoms with Crippen LogP contribution in [0, 0.1) is 6.92 Å². The van der Waals surface area contributed by atoms with Crippen molar-refractivity contribution in [2.24, 2.45) is 0 Å². The van der Waals surface area contributed by atoms with Crippen LogP contribution < -0.4 is 4.65 Å². The van der Waals surface area contributed by atoms with Crippen molar-refractivity contribution in [1.29, 1.82) is 0 Å². The zero-order chi connectivity index (χ0) is 14.3. The molecule has 0 aliphatic carbocycles. The molecule has 2 aromatic rings. The number of nitrogens with zero attached hydrogens (tertiary/aromatic N) is 3. The lowest BCUT2D eigenvalue weighted by Gasteiger charge is -2.22. The summed E-state index contributed by atoms with van der Waals surface area (Å²) < 4.78 is 6.70. The van der Waals surface area contributed by atoms with E-state index in [-0.39, 0.29) is 11.3 Å².